The van der Waals surface area contributed by atoms with Crippen molar-refractivity contribution in [3.8, 4) is 33.6 Å². The van der Waals surface area contributed by atoms with E-state index in [1.54, 1.807) is 6.20 Å². The van der Waals surface area contributed by atoms with E-state index in [0.29, 0.717) is 5.56 Å². The van der Waals surface area contributed by atoms with Crippen LogP contribution < -0.4 is 0 Å². The summed E-state index contributed by atoms with van der Waals surface area (Å²) in [5, 5.41) is 0. The third-order valence-corrected chi connectivity index (χ3v) is 6.51. The van der Waals surface area contributed by atoms with E-state index in [2.05, 4.69) is 81.8 Å². The van der Waals surface area contributed by atoms with Gasteiger partial charge in [0.2, 0.25) is 0 Å². The fraction of sp³-hybridized carbons (Fsp3) is 0.243. The van der Waals surface area contributed by atoms with Crippen molar-refractivity contribution in [2.45, 2.75) is 59.2 Å². The van der Waals surface area contributed by atoms with Crippen molar-refractivity contribution in [1.29, 1.82) is 0 Å². The average Bonchev–Trinajstić information content (AvgIpc) is 2.97. The molecule has 3 heteroatoms. The molecule has 0 saturated carbocycles. The minimum atomic E-state index is -2.25. The molecule has 0 unspecified atom stereocenters. The van der Waals surface area contributed by atoms with Crippen LogP contribution >= 0.6 is 0 Å². The number of hydrogen-bond donors (Lipinski definition) is 0. The van der Waals surface area contributed by atoms with Crippen LogP contribution in [0.4, 0.5) is 0 Å². The summed E-state index contributed by atoms with van der Waals surface area (Å²) in [5.41, 5.74) is 7.72. The van der Waals surface area contributed by atoms with Crippen LogP contribution in [-0.2, 0) is 30.9 Å². The summed E-state index contributed by atoms with van der Waals surface area (Å²) < 4.78 is 24.2. The number of aromatic nitrogens is 2. The number of benzene rings is 3. The maximum Gasteiger partial charge on any atom is 0.0280 e. The molecule has 5 aromatic rings. The van der Waals surface area contributed by atoms with Crippen LogP contribution in [-0.4, -0.2) is 9.97 Å². The second-order valence-electron chi connectivity index (χ2n) is 11.7. The average molecular weight is 706 g/mol. The normalized spacial score (nSPS) is 12.6. The molecule has 1 radical (unpaired) electrons. The van der Waals surface area contributed by atoms with E-state index in [1.165, 1.54) is 17.3 Å². The molecule has 0 atom stereocenters. The van der Waals surface area contributed by atoms with E-state index in [1.807, 2.05) is 72.8 Å². The van der Waals surface area contributed by atoms with Crippen LogP contribution in [0.3, 0.4) is 0 Å². The van der Waals surface area contributed by atoms with Gasteiger partial charge in [-0.15, -0.1) is 71.8 Å². The van der Waals surface area contributed by atoms with Crippen LogP contribution in [0.15, 0.2) is 103 Å². The number of aryl methyl sites for hydroxylation is 1. The van der Waals surface area contributed by atoms with Gasteiger partial charge >= 0.3 is 0 Å². The van der Waals surface area contributed by atoms with Crippen molar-refractivity contribution < 1.29 is 24.2 Å². The van der Waals surface area contributed by atoms with Crippen molar-refractivity contribution >= 4 is 0 Å². The molecule has 3 aromatic carbocycles. The summed E-state index contributed by atoms with van der Waals surface area (Å²) in [6.07, 6.45) is 3.29. The molecule has 0 amide bonds. The Morgan fingerprint density at radius 2 is 1.23 bits per heavy atom. The first-order valence-electron chi connectivity index (χ1n) is 14.8. The molecule has 0 saturated heterocycles. The summed E-state index contributed by atoms with van der Waals surface area (Å²) in [6.45, 7) is 10.8. The van der Waals surface area contributed by atoms with E-state index >= 15 is 0 Å². The maximum atomic E-state index is 8.08. The van der Waals surface area contributed by atoms with E-state index in [0.717, 1.165) is 28.1 Å². The Morgan fingerprint density at radius 1 is 0.650 bits per heavy atom. The number of rotatable bonds is 3. The van der Waals surface area contributed by atoms with Gasteiger partial charge in [-0.3, -0.25) is 0 Å². The summed E-state index contributed by atoms with van der Waals surface area (Å²) >= 11 is 0. The predicted molar refractivity (Wildman–Crippen MR) is 165 cm³/mol. The molecule has 2 aromatic heterocycles. The van der Waals surface area contributed by atoms with E-state index in [-0.39, 0.29) is 36.5 Å². The Morgan fingerprint density at radius 3 is 1.70 bits per heavy atom. The van der Waals surface area contributed by atoms with Crippen LogP contribution in [0, 0.1) is 19.0 Å². The van der Waals surface area contributed by atoms with Crippen molar-refractivity contribution in [3.63, 3.8) is 0 Å². The Bertz CT molecular complexity index is 1530. The first-order valence-corrected chi connectivity index (χ1v) is 13.3. The minimum absolute atomic E-state index is 0. The number of nitrogens with zero attached hydrogens (tertiary/aromatic N) is 2. The molecule has 0 spiro atoms. The van der Waals surface area contributed by atoms with Gasteiger partial charge in [0.05, 0.1) is 0 Å². The fourth-order valence-electron chi connectivity index (χ4n) is 4.12. The first kappa shape index (κ1) is 26.8. The molecular formula is C37H38IrN2-2. The van der Waals surface area contributed by atoms with Crippen LogP contribution in [0.2, 0.25) is 0 Å². The topological polar surface area (TPSA) is 25.8 Å². The van der Waals surface area contributed by atoms with Gasteiger partial charge in [-0.05, 0) is 63.0 Å². The standard InChI is InChI=1S/C26H30N.C11H8N.Ir/c1-18-17-27-24(19-11-9-8-10-12-19)16-23(18)20-13-21(25(2,3)4)15-22(14-20)26(5,6)7;1-2-6-10(7-3-1)11-8-4-5-9-12-11;/h8-11,13-17H,1-7H3;1-6,8-9H;/q2*-1;/i1D3;;. The zero-order chi connectivity index (χ0) is 30.5. The van der Waals surface area contributed by atoms with Gasteiger partial charge in [0, 0.05) is 36.6 Å². The molecule has 0 aliphatic rings. The van der Waals surface area contributed by atoms with Crippen molar-refractivity contribution in [3.05, 3.63) is 132 Å². The molecule has 2 heterocycles. The molecular weight excluding hydrogens is 665 g/mol. The zero-order valence-electron chi connectivity index (χ0n) is 27.0. The molecule has 0 bridgehead atoms. The third-order valence-electron chi connectivity index (χ3n) is 6.51. The SMILES string of the molecule is [2H]C([2H])([2H])c1cnc(-c2[c-]cccc2)cc1-c1cc(C(C)(C)C)cc(C(C)(C)C)c1.[Ir].[c-]1ccccc1-c1ccccn1. The van der Waals surface area contributed by atoms with Crippen molar-refractivity contribution in [2.24, 2.45) is 0 Å². The molecule has 0 fully saturated rings. The largest absolute Gasteiger partial charge is 0.305 e. The van der Waals surface area contributed by atoms with E-state index in [4.69, 9.17) is 4.11 Å². The van der Waals surface area contributed by atoms with Gasteiger partial charge in [-0.25, -0.2) is 0 Å². The van der Waals surface area contributed by atoms with Gasteiger partial charge in [0.15, 0.2) is 0 Å². The molecule has 40 heavy (non-hydrogen) atoms. The predicted octanol–water partition coefficient (Wildman–Crippen LogP) is 9.67. The number of hydrogen-bond acceptors (Lipinski definition) is 2. The molecule has 0 aliphatic carbocycles. The number of pyridine rings is 2. The summed E-state index contributed by atoms with van der Waals surface area (Å²) in [7, 11) is 0. The molecule has 5 rings (SSSR count). The minimum Gasteiger partial charge on any atom is -0.305 e. The van der Waals surface area contributed by atoms with Gasteiger partial charge in [-0.1, -0.05) is 77.9 Å². The molecule has 207 valence electrons. The molecule has 0 N–H and O–H groups in total. The van der Waals surface area contributed by atoms with Crippen LogP contribution in [0.1, 0.15) is 62.3 Å². The quantitative estimate of drug-likeness (QED) is 0.175. The van der Waals surface area contributed by atoms with Crippen LogP contribution in [0.5, 0.6) is 0 Å². The van der Waals surface area contributed by atoms with Gasteiger partial charge in [-0.2, -0.15) is 0 Å². The Kier molecular flexibility index (Phi) is 8.92. The van der Waals surface area contributed by atoms with Gasteiger partial charge in [0.1, 0.15) is 0 Å². The van der Waals surface area contributed by atoms with E-state index < -0.39 is 6.85 Å². The second-order valence-corrected chi connectivity index (χ2v) is 11.7. The van der Waals surface area contributed by atoms with Crippen molar-refractivity contribution in [1.82, 2.24) is 9.97 Å². The smallest absolute Gasteiger partial charge is 0.0280 e. The van der Waals surface area contributed by atoms with Crippen LogP contribution in [0.25, 0.3) is 33.6 Å². The Hall–Kier alpha value is -3.39. The first-order chi connectivity index (χ1) is 19.7. The summed E-state index contributed by atoms with van der Waals surface area (Å²) in [6, 6.07) is 36.0. The fourth-order valence-corrected chi connectivity index (χ4v) is 4.12. The van der Waals surface area contributed by atoms with Crippen molar-refractivity contribution in [2.75, 3.05) is 0 Å². The third kappa shape index (κ3) is 8.07. The maximum absolute atomic E-state index is 8.08. The summed E-state index contributed by atoms with van der Waals surface area (Å²) in [5.74, 6) is 0. The molecule has 2 nitrogen and oxygen atoms in total. The van der Waals surface area contributed by atoms with E-state index in [9.17, 15) is 0 Å². The monoisotopic (exact) mass is 706 g/mol. The van der Waals surface area contributed by atoms with Gasteiger partial charge < -0.3 is 9.97 Å². The molecule has 0 aliphatic heterocycles. The Balaban J connectivity index is 0.000000324. The zero-order valence-corrected chi connectivity index (χ0v) is 26.4. The van der Waals surface area contributed by atoms with Gasteiger partial charge in [0.25, 0.3) is 0 Å². The summed E-state index contributed by atoms with van der Waals surface area (Å²) in [4.78, 5) is 8.67. The Labute approximate surface area is 258 Å². The second kappa shape index (κ2) is 13.3.